The van der Waals surface area contributed by atoms with E-state index in [-0.39, 0.29) is 168 Å². The monoisotopic (exact) mass is 2030 g/mol. The third kappa shape index (κ3) is 16.9. The number of aliphatic hydroxyl groups is 8. The van der Waals surface area contributed by atoms with Crippen LogP contribution in [0, 0.1) is 120 Å². The van der Waals surface area contributed by atoms with E-state index < -0.39 is 68.5 Å². The summed E-state index contributed by atoms with van der Waals surface area (Å²) >= 11 is 42.2. The Balaban J connectivity index is 0.000000125. The minimum atomic E-state index is -1.53. The van der Waals surface area contributed by atoms with Gasteiger partial charge in [-0.1, -0.05) is 196 Å². The van der Waals surface area contributed by atoms with Crippen molar-refractivity contribution in [3.8, 4) is 0 Å². The molecule has 8 N–H and O–H groups in total. The molecule has 16 aliphatic carbocycles. The highest BCUT2D eigenvalue weighted by Gasteiger charge is 2.73. The van der Waals surface area contributed by atoms with Crippen molar-refractivity contribution in [3.63, 3.8) is 0 Å². The summed E-state index contributed by atoms with van der Waals surface area (Å²) in [5.41, 5.74) is -5.90. The highest BCUT2D eigenvalue weighted by atomic mass is 35.5. The number of carbonyl (C=O) groups is 8. The number of hydrogen-bond acceptors (Lipinski definition) is 20. The van der Waals surface area contributed by atoms with Gasteiger partial charge in [0.1, 0.15) is 28.2 Å². The fourth-order valence-corrected chi connectivity index (χ4v) is 36.0. The molecule has 0 bridgehead atoms. The lowest BCUT2D eigenvalue weighted by Crippen LogP contribution is -2.61. The van der Waals surface area contributed by atoms with Gasteiger partial charge >= 0.3 is 0 Å². The molecule has 0 heterocycles. The normalized spacial score (nSPS) is 41.1. The topological polar surface area (TPSA) is 298 Å². The van der Waals surface area contributed by atoms with Gasteiger partial charge in [-0.3, -0.25) is 38.4 Å². The van der Waals surface area contributed by atoms with Gasteiger partial charge in [-0.2, -0.15) is 0 Å². The highest BCUT2D eigenvalue weighted by Crippen LogP contribution is 2.73. The zero-order valence-corrected chi connectivity index (χ0v) is 85.1. The quantitative estimate of drug-likeness (QED) is 0.0484. The number of carbonyl (C=O) groups excluding carboxylic acids is 8. The molecule has 12 fully saturated rings. The molecule has 4 aromatic rings. The number of allylic oxidation sites excluding steroid dienone is 16. The fourth-order valence-electron chi connectivity index (χ4n) is 30.6. The number of halogens is 7. The Morgan fingerprint density at radius 2 is 0.644 bits per heavy atom. The molecule has 0 spiro atoms. The Kier molecular flexibility index (Phi) is 28.2. The molecule has 722 valence electrons. The van der Waals surface area contributed by atoms with Crippen LogP contribution in [0.2, 0.25) is 30.1 Å². The van der Waals surface area contributed by atoms with E-state index >= 15 is 0 Å². The van der Waals surface area contributed by atoms with Crippen LogP contribution in [0.3, 0.4) is 0 Å². The molecule has 16 aliphatic rings. The third-order valence-corrected chi connectivity index (χ3v) is 44.2. The summed E-state index contributed by atoms with van der Waals surface area (Å²) in [5, 5.41) is 96.0. The Labute approximate surface area is 837 Å². The number of ketones is 8. The molecule has 135 heavy (non-hydrogen) atoms. The van der Waals surface area contributed by atoms with Crippen molar-refractivity contribution in [2.45, 2.75) is 250 Å². The Hall–Kier alpha value is -5.09. The van der Waals surface area contributed by atoms with Crippen LogP contribution >= 0.6 is 117 Å². The second-order valence-electron chi connectivity index (χ2n) is 43.4. The lowest BCUT2D eigenvalue weighted by molar-refractivity contribution is -0.175. The van der Waals surface area contributed by atoms with Crippen LogP contribution in [0.5, 0.6) is 0 Å². The Bertz CT molecular complexity index is 5770. The number of Topliss-reactive ketones (excluding diaryl/α,β-unsaturated/α-hetero) is 4. The molecule has 0 amide bonds. The van der Waals surface area contributed by atoms with Gasteiger partial charge in [0.2, 0.25) is 0 Å². The maximum absolute atomic E-state index is 14.0. The predicted octanol–water partition coefficient (Wildman–Crippen LogP) is 21.5. The maximum Gasteiger partial charge on any atom is 0.178 e. The SMILES string of the molecule is CC12C=CC(=O)C=C1CCC1C2[C@@H](O)CC2(C)C1CC[C@]2(O)C(=O)CSc1c(Cl)cccc1Cl.CC12C=CC(=O)C=C1CCC1C2[C@@H](O)CC2(C)C1CC[C@]2(O)C(=O)CSc1ccc(Cl)cc1Cl.CC12C=CC(=O)C=C1CCC1C2[C@@H](O)CC2(C)C1CC[C@]2(O)C(=O)CSc1cccc(Cl)c1Cl.CC12C=CC(=O)C=C1CCC1C2[C@@H](O)CC2(C)C1CC[C@]2(O)C(=O)CSc1ccccc1F. The van der Waals surface area contributed by atoms with Crippen LogP contribution in [0.1, 0.15) is 184 Å². The lowest BCUT2D eigenvalue weighted by atomic mass is 9.46. The predicted molar refractivity (Wildman–Crippen MR) is 531 cm³/mol. The standard InChI is InChI=1S/3C27H30Cl2O4S.C27H31FO4S/c1-25-9-7-17(30)11-15(25)3-5-18-19-8-10-27(33,26(19,2)13-21(31)24(18)25)23(32)14-34-22-6-4-16(28)12-20(22)29;1-25-10-8-16(30)12-15(25)6-7-17-18-9-11-27(33,26(18,2)13-20(31)23(17)25)22(32)14-34-21-5-3-4-19(28)24(21)29;1-25-10-8-16(30)12-15(25)6-7-17-18-9-11-27(33,26(18,2)13-21(31)23(17)25)22(32)14-34-24-19(28)4-3-5-20(24)29;1-25-11-9-17(29)13-16(25)7-8-18-19-10-12-27(32,26(19,2)14-21(30)24(18)25)23(31)15-33-22-6-4-3-5-20(22)28/h4,6-7,9,11-12,18-19,21,24,31,33H,3,5,8,10,13-14H2,1-2H3;3-5,8,10,12,17-18,20,23,31,33H,6-7,9,11,13-14H2,1-2H3;3-5,8,10,12,17-18,21,23,31,33H,6-7,9,11,13-14H2,1-2H3;3-6,9,11,13,18-19,21,24,30,32H,7-8,10,12,14-15H2,1-2H3/t18?,19?,21-,24?,25?,26?,27-;17?,18?,20-,23?,25?,26?,27-;17?,18?,21-,23?,25?,26?,27-;18?,19?,21-,24?,25?,26?,27-/m0000/s1. The van der Waals surface area contributed by atoms with Gasteiger partial charge in [-0.25, -0.2) is 4.39 Å². The molecule has 20 unspecified atom stereocenters. The van der Waals surface area contributed by atoms with Gasteiger partial charge in [-0.05, 0) is 279 Å². The maximum atomic E-state index is 14.0. The molecular formula is C108H121Cl6FO16S4. The molecule has 0 aliphatic heterocycles. The van der Waals surface area contributed by atoms with Crippen molar-refractivity contribution in [2.24, 2.45) is 114 Å². The number of fused-ring (bicyclic) bond motifs is 20. The van der Waals surface area contributed by atoms with Crippen LogP contribution < -0.4 is 0 Å². The second-order valence-corrected chi connectivity index (χ2v) is 49.9. The van der Waals surface area contributed by atoms with Gasteiger partial charge in [-0.15, -0.1) is 47.0 Å². The van der Waals surface area contributed by atoms with Gasteiger partial charge in [0.15, 0.2) is 46.3 Å². The summed E-state index contributed by atoms with van der Waals surface area (Å²) in [6, 6.07) is 22.1. The molecule has 0 radical (unpaired) electrons. The van der Waals surface area contributed by atoms with E-state index in [0.29, 0.717) is 96.2 Å². The van der Waals surface area contributed by atoms with Crippen LogP contribution in [0.15, 0.2) is 194 Å². The van der Waals surface area contributed by atoms with Crippen molar-refractivity contribution >= 4 is 163 Å². The van der Waals surface area contributed by atoms with Gasteiger partial charge < -0.3 is 40.9 Å². The molecule has 4 aromatic carbocycles. The van der Waals surface area contributed by atoms with Crippen molar-refractivity contribution in [3.05, 3.63) is 210 Å². The van der Waals surface area contributed by atoms with Crippen molar-refractivity contribution in [1.82, 2.24) is 0 Å². The average molecular weight is 2040 g/mol. The van der Waals surface area contributed by atoms with Crippen molar-refractivity contribution < 1.29 is 83.6 Å². The lowest BCUT2D eigenvalue weighted by Gasteiger charge is -2.59. The van der Waals surface area contributed by atoms with E-state index in [1.807, 2.05) is 58.1 Å². The number of benzene rings is 4. The highest BCUT2D eigenvalue weighted by molar-refractivity contribution is 8.00. The summed E-state index contributed by atoms with van der Waals surface area (Å²) in [6.45, 7) is 16.4. The second kappa shape index (κ2) is 37.6. The minimum Gasteiger partial charge on any atom is -0.393 e. The fraction of sp³-hybridized carbons (Fsp3) is 0.556. The van der Waals surface area contributed by atoms with Crippen LogP contribution in [-0.4, -0.2) is 157 Å². The van der Waals surface area contributed by atoms with Crippen LogP contribution in [0.25, 0.3) is 0 Å². The van der Waals surface area contributed by atoms with E-state index in [9.17, 15) is 83.6 Å². The molecule has 27 heteroatoms. The van der Waals surface area contributed by atoms with Crippen molar-refractivity contribution in [2.75, 3.05) is 23.0 Å². The first-order valence-electron chi connectivity index (χ1n) is 47.7. The Morgan fingerprint density at radius 3 is 0.970 bits per heavy atom. The zero-order chi connectivity index (χ0) is 97.0. The minimum absolute atomic E-state index is 0.000611. The van der Waals surface area contributed by atoms with E-state index in [4.69, 9.17) is 69.6 Å². The summed E-state index contributed by atoms with van der Waals surface area (Å²) in [4.78, 5) is 104. The number of thioether (sulfide) groups is 4. The first kappa shape index (κ1) is 101. The first-order valence-corrected chi connectivity index (χ1v) is 53.9. The van der Waals surface area contributed by atoms with Gasteiger partial charge in [0.25, 0.3) is 0 Å². The molecule has 0 saturated heterocycles. The zero-order valence-electron chi connectivity index (χ0n) is 77.3. The Morgan fingerprint density at radius 1 is 0.356 bits per heavy atom. The smallest absolute Gasteiger partial charge is 0.178 e. The first-order chi connectivity index (χ1) is 63.6. The number of hydrogen-bond donors (Lipinski definition) is 8. The number of rotatable bonds is 16. The summed E-state index contributed by atoms with van der Waals surface area (Å²) in [5.74, 6) is 0.176. The van der Waals surface area contributed by atoms with Crippen molar-refractivity contribution in [1.29, 1.82) is 0 Å². The summed E-state index contributed by atoms with van der Waals surface area (Å²) < 4.78 is 14.0. The largest absolute Gasteiger partial charge is 0.393 e. The number of aliphatic hydroxyl groups excluding tert-OH is 4. The third-order valence-electron chi connectivity index (χ3n) is 37.4. The molecular weight excluding hydrogens is 1910 g/mol. The average Bonchev–Trinajstić information content (AvgIpc) is 1.60. The molecule has 16 nitrogen and oxygen atoms in total. The summed E-state index contributed by atoms with van der Waals surface area (Å²) in [7, 11) is 0. The molecule has 12 saturated carbocycles. The van der Waals surface area contributed by atoms with Crippen LogP contribution in [-0.2, 0) is 38.4 Å². The van der Waals surface area contributed by atoms with Gasteiger partial charge in [0, 0.05) is 91.6 Å². The summed E-state index contributed by atoms with van der Waals surface area (Å²) in [6.07, 6.45) is 31.3. The van der Waals surface area contributed by atoms with Gasteiger partial charge in [0.05, 0.1) is 72.5 Å². The molecule has 28 atom stereocenters. The molecule has 0 aromatic heterocycles. The van der Waals surface area contributed by atoms with Crippen LogP contribution in [0.4, 0.5) is 4.39 Å². The van der Waals surface area contributed by atoms with E-state index in [0.717, 1.165) is 116 Å². The van der Waals surface area contributed by atoms with E-state index in [1.165, 1.54) is 41.4 Å². The van der Waals surface area contributed by atoms with E-state index in [1.54, 1.807) is 115 Å². The molecule has 20 rings (SSSR count). The van der Waals surface area contributed by atoms with E-state index in [2.05, 4.69) is 27.7 Å².